The number of aromatic nitrogens is 4. The molecule has 28 heavy (non-hydrogen) atoms. The second kappa shape index (κ2) is 8.65. The van der Waals surface area contributed by atoms with Gasteiger partial charge in [-0.2, -0.15) is 0 Å². The Morgan fingerprint density at radius 2 is 2.07 bits per heavy atom. The van der Waals surface area contributed by atoms with Gasteiger partial charge in [0.25, 0.3) is 0 Å². The van der Waals surface area contributed by atoms with E-state index in [0.717, 1.165) is 48.8 Å². The first-order chi connectivity index (χ1) is 13.8. The number of aromatic amines is 1. The molecule has 2 atom stereocenters. The number of nitrogens with one attached hydrogen (secondary N) is 3. The van der Waals surface area contributed by atoms with Crippen LogP contribution in [0.1, 0.15) is 45.4 Å². The fourth-order valence-electron chi connectivity index (χ4n) is 3.93. The molecule has 1 aliphatic carbocycles. The zero-order valence-corrected chi connectivity index (χ0v) is 16.2. The minimum Gasteiger partial charge on any atom is -0.363 e. The molecular weight excluding hydrogens is 355 g/mol. The molecule has 0 spiro atoms. The van der Waals surface area contributed by atoms with E-state index < -0.39 is 5.82 Å². The van der Waals surface area contributed by atoms with E-state index in [-0.39, 0.29) is 11.9 Å². The number of fused-ring (bicyclic) bond motifs is 1. The van der Waals surface area contributed by atoms with Gasteiger partial charge in [0.15, 0.2) is 17.5 Å². The highest BCUT2D eigenvalue weighted by molar-refractivity contribution is 5.91. The molecule has 3 aromatic heterocycles. The van der Waals surface area contributed by atoms with Crippen molar-refractivity contribution in [1.82, 2.24) is 25.3 Å². The third-order valence-electron chi connectivity index (χ3n) is 5.46. The summed E-state index contributed by atoms with van der Waals surface area (Å²) in [4.78, 5) is 16.2. The molecule has 4 rings (SSSR count). The summed E-state index contributed by atoms with van der Waals surface area (Å²) < 4.78 is 14.5. The molecule has 3 aromatic rings. The van der Waals surface area contributed by atoms with E-state index in [0.29, 0.717) is 11.9 Å². The van der Waals surface area contributed by atoms with E-state index in [1.54, 1.807) is 6.20 Å². The van der Waals surface area contributed by atoms with Gasteiger partial charge in [0.1, 0.15) is 5.65 Å². The van der Waals surface area contributed by atoms with Gasteiger partial charge >= 0.3 is 0 Å². The molecule has 0 bridgehead atoms. The smallest absolute Gasteiger partial charge is 0.183 e. The van der Waals surface area contributed by atoms with Crippen LogP contribution in [0, 0.1) is 5.82 Å². The summed E-state index contributed by atoms with van der Waals surface area (Å²) in [5.41, 5.74) is 1.60. The van der Waals surface area contributed by atoms with Crippen molar-refractivity contribution in [3.05, 3.63) is 36.5 Å². The number of nitrogens with zero attached hydrogens (tertiary/aromatic N) is 3. The molecule has 0 unspecified atom stereocenters. The zero-order chi connectivity index (χ0) is 19.3. The number of halogens is 1. The minimum absolute atomic E-state index is 0.174. The summed E-state index contributed by atoms with van der Waals surface area (Å²) in [7, 11) is 0. The molecule has 3 N–H and O–H groups in total. The summed E-state index contributed by atoms with van der Waals surface area (Å²) in [6, 6.07) is 4.35. The van der Waals surface area contributed by atoms with Gasteiger partial charge in [-0.3, -0.25) is 0 Å². The number of pyridine rings is 1. The zero-order valence-electron chi connectivity index (χ0n) is 16.2. The Balaban J connectivity index is 1.57. The van der Waals surface area contributed by atoms with E-state index in [2.05, 4.69) is 37.5 Å². The molecule has 1 fully saturated rings. The first-order valence-corrected chi connectivity index (χ1v) is 10.2. The van der Waals surface area contributed by atoms with Crippen LogP contribution in [0.4, 0.5) is 10.2 Å². The van der Waals surface area contributed by atoms with Crippen LogP contribution >= 0.6 is 0 Å². The fraction of sp³-hybridized carbons (Fsp3) is 0.476. The Morgan fingerprint density at radius 3 is 2.93 bits per heavy atom. The van der Waals surface area contributed by atoms with Crippen molar-refractivity contribution in [2.24, 2.45) is 0 Å². The van der Waals surface area contributed by atoms with Crippen LogP contribution in [-0.2, 0) is 0 Å². The van der Waals surface area contributed by atoms with Crippen LogP contribution < -0.4 is 10.6 Å². The Labute approximate surface area is 164 Å². The molecule has 0 amide bonds. The van der Waals surface area contributed by atoms with E-state index >= 15 is 0 Å². The number of unbranched alkanes of at least 4 members (excludes halogenated alkanes) is 1. The van der Waals surface area contributed by atoms with Gasteiger partial charge < -0.3 is 15.6 Å². The quantitative estimate of drug-likeness (QED) is 0.532. The number of H-pyrrole nitrogens is 1. The van der Waals surface area contributed by atoms with Crippen molar-refractivity contribution in [3.8, 4) is 11.4 Å². The highest BCUT2D eigenvalue weighted by Crippen LogP contribution is 2.27. The van der Waals surface area contributed by atoms with Gasteiger partial charge in [-0.1, -0.05) is 26.2 Å². The maximum Gasteiger partial charge on any atom is 0.183 e. The minimum atomic E-state index is -0.417. The van der Waals surface area contributed by atoms with Crippen LogP contribution in [-0.4, -0.2) is 38.6 Å². The fourth-order valence-corrected chi connectivity index (χ4v) is 3.93. The molecule has 148 valence electrons. The third-order valence-corrected chi connectivity index (χ3v) is 5.46. The van der Waals surface area contributed by atoms with Crippen LogP contribution in [0.15, 0.2) is 30.7 Å². The van der Waals surface area contributed by atoms with Crippen molar-refractivity contribution in [2.75, 3.05) is 11.9 Å². The molecule has 6 nitrogen and oxygen atoms in total. The van der Waals surface area contributed by atoms with Crippen molar-refractivity contribution in [2.45, 2.75) is 57.5 Å². The molecule has 7 heteroatoms. The van der Waals surface area contributed by atoms with Crippen molar-refractivity contribution in [3.63, 3.8) is 0 Å². The monoisotopic (exact) mass is 382 g/mol. The summed E-state index contributed by atoms with van der Waals surface area (Å²) >= 11 is 0. The molecule has 0 aromatic carbocycles. The van der Waals surface area contributed by atoms with E-state index in [4.69, 9.17) is 0 Å². The second-order valence-electron chi connectivity index (χ2n) is 7.44. The van der Waals surface area contributed by atoms with Crippen LogP contribution in [0.2, 0.25) is 0 Å². The van der Waals surface area contributed by atoms with Gasteiger partial charge in [-0.15, -0.1) is 0 Å². The van der Waals surface area contributed by atoms with Crippen LogP contribution in [0.5, 0.6) is 0 Å². The van der Waals surface area contributed by atoms with Gasteiger partial charge in [0, 0.05) is 35.4 Å². The Hall–Kier alpha value is -2.54. The predicted octanol–water partition coefficient (Wildman–Crippen LogP) is 4.27. The molecule has 3 heterocycles. The SMILES string of the molecule is CCCCN[C@@H]1CCCC[C@H]1Nc1nc(-c2c[nH]c3ncccc23)ncc1F. The molecule has 1 saturated carbocycles. The normalized spacial score (nSPS) is 19.8. The van der Waals surface area contributed by atoms with E-state index in [1.807, 2.05) is 18.3 Å². The van der Waals surface area contributed by atoms with Gasteiger partial charge in [0.05, 0.1) is 6.20 Å². The van der Waals surface area contributed by atoms with Crippen molar-refractivity contribution < 1.29 is 4.39 Å². The Morgan fingerprint density at radius 1 is 1.21 bits per heavy atom. The first kappa shape index (κ1) is 18.8. The number of hydrogen-bond acceptors (Lipinski definition) is 5. The second-order valence-corrected chi connectivity index (χ2v) is 7.44. The average Bonchev–Trinajstić information content (AvgIpc) is 3.15. The van der Waals surface area contributed by atoms with Gasteiger partial charge in [-0.05, 0) is 37.9 Å². The summed E-state index contributed by atoms with van der Waals surface area (Å²) in [5, 5.41) is 7.93. The van der Waals surface area contributed by atoms with Crippen LogP contribution in [0.25, 0.3) is 22.4 Å². The van der Waals surface area contributed by atoms with Gasteiger partial charge in [-0.25, -0.2) is 19.3 Å². The lowest BCUT2D eigenvalue weighted by Gasteiger charge is -2.33. The lowest BCUT2D eigenvalue weighted by Crippen LogP contribution is -2.46. The molecule has 0 aliphatic heterocycles. The summed E-state index contributed by atoms with van der Waals surface area (Å²) in [6.07, 6.45) is 11.6. The maximum atomic E-state index is 14.5. The lowest BCUT2D eigenvalue weighted by atomic mass is 9.90. The highest BCUT2D eigenvalue weighted by atomic mass is 19.1. The largest absolute Gasteiger partial charge is 0.363 e. The van der Waals surface area contributed by atoms with E-state index in [1.165, 1.54) is 19.0 Å². The summed E-state index contributed by atoms with van der Waals surface area (Å²) in [6.45, 7) is 3.19. The number of rotatable bonds is 7. The molecule has 0 radical (unpaired) electrons. The van der Waals surface area contributed by atoms with Crippen LogP contribution in [0.3, 0.4) is 0 Å². The van der Waals surface area contributed by atoms with Gasteiger partial charge in [0.2, 0.25) is 0 Å². The topological polar surface area (TPSA) is 78.5 Å². The molecular formula is C21H27FN6. The maximum absolute atomic E-state index is 14.5. The Kier molecular flexibility index (Phi) is 5.81. The number of hydrogen-bond donors (Lipinski definition) is 3. The molecule has 0 saturated heterocycles. The number of anilines is 1. The van der Waals surface area contributed by atoms with Crippen molar-refractivity contribution in [1.29, 1.82) is 0 Å². The standard InChI is InChI=1S/C21H27FN6/c1-2-3-10-23-17-8-4-5-9-18(17)27-21-16(22)13-26-20(28-21)15-12-25-19-14(15)7-6-11-24-19/h6-7,11-13,17-18,23H,2-5,8-10H2,1H3,(H,24,25)(H,26,27,28)/t17-,18-/m1/s1. The Bertz CT molecular complexity index is 924. The lowest BCUT2D eigenvalue weighted by molar-refractivity contribution is 0.341. The highest BCUT2D eigenvalue weighted by Gasteiger charge is 2.26. The average molecular weight is 382 g/mol. The first-order valence-electron chi connectivity index (χ1n) is 10.2. The summed E-state index contributed by atoms with van der Waals surface area (Å²) in [5.74, 6) is 0.353. The van der Waals surface area contributed by atoms with E-state index in [9.17, 15) is 4.39 Å². The molecule has 1 aliphatic rings. The predicted molar refractivity (Wildman–Crippen MR) is 110 cm³/mol. The third kappa shape index (κ3) is 3.99. The van der Waals surface area contributed by atoms with Crippen molar-refractivity contribution >= 4 is 16.9 Å².